The number of piperazine rings is 1. The van der Waals surface area contributed by atoms with E-state index in [1.54, 1.807) is 35.2 Å². The molecule has 1 aromatic carbocycles. The normalized spacial score (nSPS) is 14.0. The maximum Gasteiger partial charge on any atom is 0.272 e. The van der Waals surface area contributed by atoms with E-state index in [4.69, 9.17) is 0 Å². The second-order valence-corrected chi connectivity index (χ2v) is 7.12. The van der Waals surface area contributed by atoms with Crippen LogP contribution in [-0.4, -0.2) is 54.4 Å². The number of nitrogens with zero attached hydrogens (tertiary/aromatic N) is 3. The Labute approximate surface area is 170 Å². The summed E-state index contributed by atoms with van der Waals surface area (Å²) in [5.74, 6) is -0.660. The van der Waals surface area contributed by atoms with Crippen LogP contribution in [0.5, 0.6) is 0 Å². The predicted octanol–water partition coefficient (Wildman–Crippen LogP) is 3.10. The van der Waals surface area contributed by atoms with E-state index in [0.717, 1.165) is 19.3 Å². The maximum absolute atomic E-state index is 14.0. The number of unbranched alkanes of at least 4 members (excludes halogenated alkanes) is 2. The van der Waals surface area contributed by atoms with Gasteiger partial charge < -0.3 is 15.1 Å². The monoisotopic (exact) mass is 398 g/mol. The number of nitrogens with one attached hydrogen (secondary N) is 1. The molecule has 0 saturated carbocycles. The summed E-state index contributed by atoms with van der Waals surface area (Å²) >= 11 is 0. The molecule has 0 atom stereocenters. The van der Waals surface area contributed by atoms with Crippen LogP contribution in [0, 0.1) is 5.82 Å². The number of para-hydroxylation sites is 1. The fraction of sp³-hybridized carbons (Fsp3) is 0.409. The van der Waals surface area contributed by atoms with Gasteiger partial charge in [-0.3, -0.25) is 14.6 Å². The molecule has 0 spiro atoms. The number of halogens is 1. The molecule has 0 bridgehead atoms. The molecule has 0 radical (unpaired) electrons. The van der Waals surface area contributed by atoms with Crippen LogP contribution in [0.3, 0.4) is 0 Å². The number of benzene rings is 1. The van der Waals surface area contributed by atoms with Gasteiger partial charge in [0.15, 0.2) is 0 Å². The first-order chi connectivity index (χ1) is 14.1. The molecule has 2 amide bonds. The molecule has 1 aliphatic rings. The first-order valence-corrected chi connectivity index (χ1v) is 10.1. The van der Waals surface area contributed by atoms with Gasteiger partial charge in [0.2, 0.25) is 0 Å². The minimum Gasteiger partial charge on any atom is -0.366 e. The van der Waals surface area contributed by atoms with Crippen molar-refractivity contribution in [2.75, 3.05) is 37.6 Å². The molecule has 1 aliphatic heterocycles. The van der Waals surface area contributed by atoms with Gasteiger partial charge in [0.05, 0.1) is 5.69 Å². The second kappa shape index (κ2) is 10.0. The highest BCUT2D eigenvalue weighted by molar-refractivity contribution is 5.98. The summed E-state index contributed by atoms with van der Waals surface area (Å²) in [6.45, 7) is 4.77. The molecule has 2 heterocycles. The van der Waals surface area contributed by atoms with Crippen molar-refractivity contribution in [2.45, 2.75) is 26.2 Å². The molecule has 29 heavy (non-hydrogen) atoms. The number of hydrogen-bond donors (Lipinski definition) is 1. The Balaban J connectivity index is 1.58. The number of pyridine rings is 1. The van der Waals surface area contributed by atoms with Crippen molar-refractivity contribution in [3.05, 3.63) is 59.7 Å². The number of carbonyl (C=O) groups is 2. The third kappa shape index (κ3) is 5.31. The van der Waals surface area contributed by atoms with E-state index in [2.05, 4.69) is 17.2 Å². The minimum atomic E-state index is -0.258. The molecule has 0 aliphatic carbocycles. The van der Waals surface area contributed by atoms with Crippen LogP contribution in [0.15, 0.2) is 42.6 Å². The molecule has 1 saturated heterocycles. The first kappa shape index (κ1) is 20.8. The number of amides is 2. The molecular formula is C22H27FN4O2. The molecule has 1 aromatic heterocycles. The van der Waals surface area contributed by atoms with Crippen molar-refractivity contribution >= 4 is 17.5 Å². The van der Waals surface area contributed by atoms with Crippen LogP contribution in [0.2, 0.25) is 0 Å². The Bertz CT molecular complexity index is 850. The summed E-state index contributed by atoms with van der Waals surface area (Å²) in [7, 11) is 0. The lowest BCUT2D eigenvalue weighted by Crippen LogP contribution is -2.49. The summed E-state index contributed by atoms with van der Waals surface area (Å²) in [5, 5.41) is 2.87. The van der Waals surface area contributed by atoms with Crippen molar-refractivity contribution < 1.29 is 14.0 Å². The Hall–Kier alpha value is -2.96. The van der Waals surface area contributed by atoms with Crippen molar-refractivity contribution in [1.82, 2.24) is 15.2 Å². The minimum absolute atomic E-state index is 0.193. The van der Waals surface area contributed by atoms with Crippen LogP contribution in [0.25, 0.3) is 0 Å². The lowest BCUT2D eigenvalue weighted by Gasteiger charge is -2.36. The van der Waals surface area contributed by atoms with Gasteiger partial charge in [0.25, 0.3) is 11.8 Å². The first-order valence-electron chi connectivity index (χ1n) is 10.1. The van der Waals surface area contributed by atoms with E-state index in [1.165, 1.54) is 12.3 Å². The molecule has 3 rings (SSSR count). The molecule has 6 nitrogen and oxygen atoms in total. The van der Waals surface area contributed by atoms with Gasteiger partial charge in [0.1, 0.15) is 11.5 Å². The van der Waals surface area contributed by atoms with Crippen molar-refractivity contribution in [2.24, 2.45) is 0 Å². The Morgan fingerprint density at radius 2 is 1.86 bits per heavy atom. The zero-order valence-corrected chi connectivity index (χ0v) is 16.7. The quantitative estimate of drug-likeness (QED) is 0.728. The van der Waals surface area contributed by atoms with Crippen LogP contribution >= 0.6 is 0 Å². The van der Waals surface area contributed by atoms with Gasteiger partial charge in [-0.05, 0) is 30.7 Å². The van der Waals surface area contributed by atoms with E-state index in [-0.39, 0.29) is 23.3 Å². The zero-order valence-electron chi connectivity index (χ0n) is 16.7. The highest BCUT2D eigenvalue weighted by Gasteiger charge is 2.24. The van der Waals surface area contributed by atoms with E-state index in [9.17, 15) is 14.0 Å². The van der Waals surface area contributed by atoms with E-state index in [0.29, 0.717) is 44.0 Å². The van der Waals surface area contributed by atoms with E-state index >= 15 is 0 Å². The van der Waals surface area contributed by atoms with Crippen LogP contribution in [-0.2, 0) is 0 Å². The van der Waals surface area contributed by atoms with E-state index in [1.807, 2.05) is 4.90 Å². The molecule has 1 fully saturated rings. The van der Waals surface area contributed by atoms with Gasteiger partial charge in [-0.1, -0.05) is 31.9 Å². The standard InChI is InChI=1S/C22H27FN4O2/c1-2-3-6-10-25-21(28)17-9-11-24-19(16-17)22(29)27-14-12-26(13-15-27)20-8-5-4-7-18(20)23/h4-5,7-9,11,16H,2-3,6,10,12-15H2,1H3,(H,25,28). The maximum atomic E-state index is 14.0. The Morgan fingerprint density at radius 3 is 2.59 bits per heavy atom. The molecule has 0 unspecified atom stereocenters. The molecule has 7 heteroatoms. The van der Waals surface area contributed by atoms with Gasteiger partial charge in [0, 0.05) is 44.5 Å². The molecule has 2 aromatic rings. The average molecular weight is 398 g/mol. The van der Waals surface area contributed by atoms with E-state index < -0.39 is 0 Å². The van der Waals surface area contributed by atoms with Crippen LogP contribution < -0.4 is 10.2 Å². The number of hydrogen-bond acceptors (Lipinski definition) is 4. The van der Waals surface area contributed by atoms with Gasteiger partial charge in [-0.2, -0.15) is 0 Å². The molecular weight excluding hydrogens is 371 g/mol. The van der Waals surface area contributed by atoms with Crippen LogP contribution in [0.1, 0.15) is 47.0 Å². The highest BCUT2D eigenvalue weighted by atomic mass is 19.1. The van der Waals surface area contributed by atoms with Gasteiger partial charge in [-0.15, -0.1) is 0 Å². The predicted molar refractivity (Wildman–Crippen MR) is 111 cm³/mol. The van der Waals surface area contributed by atoms with Gasteiger partial charge >= 0.3 is 0 Å². The number of carbonyl (C=O) groups excluding carboxylic acids is 2. The summed E-state index contributed by atoms with van der Waals surface area (Å²) in [4.78, 5) is 32.9. The average Bonchev–Trinajstić information content (AvgIpc) is 2.77. The van der Waals surface area contributed by atoms with Crippen molar-refractivity contribution in [3.63, 3.8) is 0 Å². The molecule has 1 N–H and O–H groups in total. The third-order valence-electron chi connectivity index (χ3n) is 5.07. The lowest BCUT2D eigenvalue weighted by atomic mass is 10.1. The van der Waals surface area contributed by atoms with Crippen molar-refractivity contribution in [3.8, 4) is 0 Å². The largest absolute Gasteiger partial charge is 0.366 e. The Morgan fingerprint density at radius 1 is 1.10 bits per heavy atom. The number of anilines is 1. The number of rotatable bonds is 7. The summed E-state index contributed by atoms with van der Waals surface area (Å²) in [6, 6.07) is 9.81. The van der Waals surface area contributed by atoms with Crippen molar-refractivity contribution in [1.29, 1.82) is 0 Å². The summed E-state index contributed by atoms with van der Waals surface area (Å²) in [6.07, 6.45) is 4.59. The fourth-order valence-corrected chi connectivity index (χ4v) is 3.39. The molecule has 154 valence electrons. The Kier molecular flexibility index (Phi) is 7.16. The topological polar surface area (TPSA) is 65.5 Å². The van der Waals surface area contributed by atoms with Crippen LogP contribution in [0.4, 0.5) is 10.1 Å². The third-order valence-corrected chi connectivity index (χ3v) is 5.07. The fourth-order valence-electron chi connectivity index (χ4n) is 3.39. The van der Waals surface area contributed by atoms with Gasteiger partial charge in [-0.25, -0.2) is 4.39 Å². The second-order valence-electron chi connectivity index (χ2n) is 7.12. The smallest absolute Gasteiger partial charge is 0.272 e. The summed E-state index contributed by atoms with van der Waals surface area (Å²) in [5.41, 5.74) is 1.25. The number of aromatic nitrogens is 1. The SMILES string of the molecule is CCCCCNC(=O)c1ccnc(C(=O)N2CCN(c3ccccc3F)CC2)c1. The zero-order chi connectivity index (χ0) is 20.6. The summed E-state index contributed by atoms with van der Waals surface area (Å²) < 4.78 is 14.0. The lowest BCUT2D eigenvalue weighted by molar-refractivity contribution is 0.0740. The highest BCUT2D eigenvalue weighted by Crippen LogP contribution is 2.20.